The highest BCUT2D eigenvalue weighted by Crippen LogP contribution is 2.60. The van der Waals surface area contributed by atoms with E-state index in [0.29, 0.717) is 6.61 Å². The summed E-state index contributed by atoms with van der Waals surface area (Å²) < 4.78 is 7.17. The zero-order valence-electron chi connectivity index (χ0n) is 13.2. The first-order valence-electron chi connectivity index (χ1n) is 8.40. The van der Waals surface area contributed by atoms with Crippen molar-refractivity contribution in [2.75, 3.05) is 13.7 Å². The third kappa shape index (κ3) is 2.48. The van der Waals surface area contributed by atoms with Crippen LogP contribution >= 0.6 is 11.3 Å². The van der Waals surface area contributed by atoms with Gasteiger partial charge in [-0.3, -0.25) is 4.79 Å². The van der Waals surface area contributed by atoms with E-state index in [2.05, 4.69) is 4.99 Å². The molecule has 1 aromatic heterocycles. The number of aromatic nitrogens is 1. The second-order valence-corrected chi connectivity index (χ2v) is 8.36. The molecule has 0 radical (unpaired) electrons. The van der Waals surface area contributed by atoms with E-state index in [0.717, 1.165) is 48.4 Å². The summed E-state index contributed by atoms with van der Waals surface area (Å²) in [6.07, 6.45) is 9.34. The largest absolute Gasteiger partial charge is 0.383 e. The van der Waals surface area contributed by atoms with Crippen LogP contribution in [0.2, 0.25) is 0 Å². The molecular formula is C17H24N2O2S. The van der Waals surface area contributed by atoms with E-state index in [9.17, 15) is 4.79 Å². The van der Waals surface area contributed by atoms with Crippen LogP contribution in [0.1, 0.15) is 38.5 Å². The zero-order valence-corrected chi connectivity index (χ0v) is 14.0. The Morgan fingerprint density at radius 2 is 1.95 bits per heavy atom. The molecule has 0 aromatic carbocycles. The van der Waals surface area contributed by atoms with Gasteiger partial charge in [0, 0.05) is 25.2 Å². The summed E-state index contributed by atoms with van der Waals surface area (Å²) in [5, 5.41) is 2.00. The van der Waals surface area contributed by atoms with Crippen LogP contribution in [-0.2, 0) is 16.1 Å². The third-order valence-corrected chi connectivity index (χ3v) is 6.68. The van der Waals surface area contributed by atoms with Crippen molar-refractivity contribution in [3.63, 3.8) is 0 Å². The first kappa shape index (κ1) is 14.6. The van der Waals surface area contributed by atoms with Crippen molar-refractivity contribution in [2.24, 2.45) is 28.2 Å². The smallest absolute Gasteiger partial charge is 0.254 e. The van der Waals surface area contributed by atoms with E-state index in [-0.39, 0.29) is 11.3 Å². The lowest BCUT2D eigenvalue weighted by Gasteiger charge is -2.55. The first-order chi connectivity index (χ1) is 10.7. The average Bonchev–Trinajstić information content (AvgIpc) is 2.91. The Morgan fingerprint density at radius 1 is 1.32 bits per heavy atom. The van der Waals surface area contributed by atoms with Gasteiger partial charge in [-0.1, -0.05) is 0 Å². The van der Waals surface area contributed by atoms with Gasteiger partial charge >= 0.3 is 0 Å². The van der Waals surface area contributed by atoms with Crippen molar-refractivity contribution in [3.8, 4) is 0 Å². The Bertz CT molecular complexity index is 595. The summed E-state index contributed by atoms with van der Waals surface area (Å²) >= 11 is 1.55. The van der Waals surface area contributed by atoms with Gasteiger partial charge in [-0.05, 0) is 56.3 Å². The lowest BCUT2D eigenvalue weighted by atomic mass is 9.49. The molecule has 4 bridgehead atoms. The lowest BCUT2D eigenvalue weighted by Crippen LogP contribution is -2.49. The molecule has 0 aliphatic heterocycles. The Hall–Kier alpha value is -0.940. The van der Waals surface area contributed by atoms with Crippen LogP contribution < -0.4 is 4.80 Å². The molecule has 0 atom stereocenters. The van der Waals surface area contributed by atoms with E-state index in [1.54, 1.807) is 18.4 Å². The molecule has 4 fully saturated rings. The number of thiazole rings is 1. The number of hydrogen-bond donors (Lipinski definition) is 0. The maximum Gasteiger partial charge on any atom is 0.254 e. The van der Waals surface area contributed by atoms with Gasteiger partial charge in [0.2, 0.25) is 0 Å². The summed E-state index contributed by atoms with van der Waals surface area (Å²) in [7, 11) is 1.70. The maximum absolute atomic E-state index is 13.0. The normalized spacial score (nSPS) is 37.0. The van der Waals surface area contributed by atoms with Gasteiger partial charge in [0.05, 0.1) is 12.0 Å². The molecule has 4 nitrogen and oxygen atoms in total. The van der Waals surface area contributed by atoms with Crippen LogP contribution in [0.3, 0.4) is 0 Å². The van der Waals surface area contributed by atoms with Crippen LogP contribution in [0.4, 0.5) is 0 Å². The van der Waals surface area contributed by atoms with Gasteiger partial charge in [0.25, 0.3) is 5.91 Å². The van der Waals surface area contributed by atoms with E-state index in [4.69, 9.17) is 4.74 Å². The van der Waals surface area contributed by atoms with Crippen molar-refractivity contribution < 1.29 is 9.53 Å². The fourth-order valence-electron chi connectivity index (χ4n) is 5.32. The van der Waals surface area contributed by atoms with Crippen molar-refractivity contribution in [2.45, 2.75) is 45.1 Å². The highest BCUT2D eigenvalue weighted by molar-refractivity contribution is 7.07. The van der Waals surface area contributed by atoms with Gasteiger partial charge < -0.3 is 9.30 Å². The molecule has 1 aromatic rings. The maximum atomic E-state index is 13.0. The van der Waals surface area contributed by atoms with Gasteiger partial charge in [0.15, 0.2) is 4.80 Å². The molecule has 4 aliphatic carbocycles. The molecule has 0 unspecified atom stereocenters. The fourth-order valence-corrected chi connectivity index (χ4v) is 6.08. The van der Waals surface area contributed by atoms with Crippen molar-refractivity contribution in [1.29, 1.82) is 0 Å². The summed E-state index contributed by atoms with van der Waals surface area (Å²) in [4.78, 5) is 18.4. The lowest BCUT2D eigenvalue weighted by molar-refractivity contribution is -0.142. The summed E-state index contributed by atoms with van der Waals surface area (Å²) in [5.41, 5.74) is -0.127. The predicted octanol–water partition coefficient (Wildman–Crippen LogP) is 2.84. The fraction of sp³-hybridized carbons (Fsp3) is 0.765. The van der Waals surface area contributed by atoms with Crippen molar-refractivity contribution >= 4 is 17.2 Å². The number of amides is 1. The molecule has 1 amide bonds. The minimum Gasteiger partial charge on any atom is -0.383 e. The molecular weight excluding hydrogens is 296 g/mol. The number of carbonyl (C=O) groups is 1. The zero-order chi connectivity index (χ0) is 15.2. The Labute approximate surface area is 135 Å². The highest BCUT2D eigenvalue weighted by atomic mass is 32.1. The van der Waals surface area contributed by atoms with Crippen LogP contribution in [0.5, 0.6) is 0 Å². The SMILES string of the molecule is COCCn1ccsc1=NC(=O)C12CC3CC(CC(C3)C1)C2. The van der Waals surface area contributed by atoms with Gasteiger partial charge in [0.1, 0.15) is 0 Å². The van der Waals surface area contributed by atoms with Crippen molar-refractivity contribution in [1.82, 2.24) is 4.57 Å². The third-order valence-electron chi connectivity index (χ3n) is 5.89. The highest BCUT2D eigenvalue weighted by Gasteiger charge is 2.54. The van der Waals surface area contributed by atoms with Gasteiger partial charge in [-0.2, -0.15) is 4.99 Å². The molecule has 5 heteroatoms. The number of nitrogens with zero attached hydrogens (tertiary/aromatic N) is 2. The molecule has 0 spiro atoms. The summed E-state index contributed by atoms with van der Waals surface area (Å²) in [6, 6.07) is 0. The molecule has 0 saturated heterocycles. The standard InChI is InChI=1S/C17H24N2O2S/c1-21-4-2-19-3-5-22-16(19)18-15(20)17-9-12-6-13(10-17)8-14(7-12)11-17/h3,5,12-14H,2,4,6-11H2,1H3. The monoisotopic (exact) mass is 320 g/mol. The summed E-state index contributed by atoms with van der Waals surface area (Å²) in [5.74, 6) is 2.51. The quantitative estimate of drug-likeness (QED) is 0.856. The van der Waals surface area contributed by atoms with Crippen molar-refractivity contribution in [3.05, 3.63) is 16.4 Å². The number of rotatable bonds is 4. The minimum atomic E-state index is -0.127. The Balaban J connectivity index is 1.60. The molecule has 4 aliphatic rings. The average molecular weight is 320 g/mol. The van der Waals surface area contributed by atoms with Gasteiger partial charge in [-0.25, -0.2) is 0 Å². The van der Waals surface area contributed by atoms with E-state index in [1.807, 2.05) is 16.1 Å². The molecule has 120 valence electrons. The second kappa shape index (κ2) is 5.60. The molecule has 5 rings (SSSR count). The minimum absolute atomic E-state index is 0.127. The number of methoxy groups -OCH3 is 1. The molecule has 4 saturated carbocycles. The number of carbonyl (C=O) groups excluding carboxylic acids is 1. The predicted molar refractivity (Wildman–Crippen MR) is 85.4 cm³/mol. The van der Waals surface area contributed by atoms with Crippen LogP contribution in [0.25, 0.3) is 0 Å². The molecule has 22 heavy (non-hydrogen) atoms. The van der Waals surface area contributed by atoms with Crippen LogP contribution in [0, 0.1) is 23.2 Å². The Kier molecular flexibility index (Phi) is 3.73. The molecule has 1 heterocycles. The van der Waals surface area contributed by atoms with E-state index < -0.39 is 0 Å². The topological polar surface area (TPSA) is 43.6 Å². The summed E-state index contributed by atoms with van der Waals surface area (Å²) in [6.45, 7) is 1.41. The van der Waals surface area contributed by atoms with Gasteiger partial charge in [-0.15, -0.1) is 11.3 Å². The van der Waals surface area contributed by atoms with E-state index >= 15 is 0 Å². The Morgan fingerprint density at radius 3 is 2.55 bits per heavy atom. The number of ether oxygens (including phenoxy) is 1. The first-order valence-corrected chi connectivity index (χ1v) is 9.28. The van der Waals surface area contributed by atoms with Crippen LogP contribution in [0.15, 0.2) is 16.6 Å². The molecule has 0 N–H and O–H groups in total. The number of hydrogen-bond acceptors (Lipinski definition) is 3. The second-order valence-electron chi connectivity index (χ2n) is 7.49. The van der Waals surface area contributed by atoms with Crippen LogP contribution in [-0.4, -0.2) is 24.2 Å². The van der Waals surface area contributed by atoms with E-state index in [1.165, 1.54) is 19.3 Å².